The Labute approximate surface area is 118 Å². The fourth-order valence-electron chi connectivity index (χ4n) is 2.27. The van der Waals surface area contributed by atoms with Crippen LogP contribution < -0.4 is 5.32 Å². The maximum Gasteiger partial charge on any atom is 0.255 e. The summed E-state index contributed by atoms with van der Waals surface area (Å²) in [6.07, 6.45) is 0. The molecule has 0 saturated carbocycles. The van der Waals surface area contributed by atoms with E-state index in [1.165, 1.54) is 0 Å². The van der Waals surface area contributed by atoms with E-state index < -0.39 is 0 Å². The summed E-state index contributed by atoms with van der Waals surface area (Å²) in [6.45, 7) is 7.49. The van der Waals surface area contributed by atoms with Crippen molar-refractivity contribution in [3.8, 4) is 5.75 Å². The van der Waals surface area contributed by atoms with Crippen molar-refractivity contribution in [3.63, 3.8) is 0 Å². The first-order valence-electron chi connectivity index (χ1n) is 6.56. The Bertz CT molecular complexity index is 643. The fourth-order valence-corrected chi connectivity index (χ4v) is 2.27. The van der Waals surface area contributed by atoms with Gasteiger partial charge in [-0.05, 0) is 51.5 Å². The molecular formula is C16H19NO3. The Morgan fingerprint density at radius 2 is 1.95 bits per heavy atom. The van der Waals surface area contributed by atoms with Gasteiger partial charge in [-0.2, -0.15) is 0 Å². The van der Waals surface area contributed by atoms with Crippen LogP contribution in [-0.4, -0.2) is 11.0 Å². The van der Waals surface area contributed by atoms with Gasteiger partial charge in [0.15, 0.2) is 0 Å². The molecule has 2 aromatic rings. The van der Waals surface area contributed by atoms with Gasteiger partial charge in [0.1, 0.15) is 17.3 Å². The molecule has 1 heterocycles. The predicted molar refractivity (Wildman–Crippen MR) is 76.9 cm³/mol. The number of amides is 1. The number of phenols is 1. The predicted octanol–water partition coefficient (Wildman–Crippen LogP) is 3.40. The highest BCUT2D eigenvalue weighted by Gasteiger charge is 2.17. The van der Waals surface area contributed by atoms with Crippen molar-refractivity contribution in [1.82, 2.24) is 5.32 Å². The number of carbonyl (C=O) groups is 1. The van der Waals surface area contributed by atoms with Crippen LogP contribution in [-0.2, 0) is 0 Å². The summed E-state index contributed by atoms with van der Waals surface area (Å²) in [6, 6.07) is 6.73. The normalized spacial score (nSPS) is 12.2. The Morgan fingerprint density at radius 1 is 1.25 bits per heavy atom. The lowest BCUT2D eigenvalue weighted by Gasteiger charge is -2.14. The van der Waals surface area contributed by atoms with Crippen molar-refractivity contribution in [3.05, 3.63) is 52.5 Å². The summed E-state index contributed by atoms with van der Waals surface area (Å²) in [5, 5.41) is 12.7. The van der Waals surface area contributed by atoms with Crippen molar-refractivity contribution in [2.45, 2.75) is 33.7 Å². The summed E-state index contributed by atoms with van der Waals surface area (Å²) < 4.78 is 5.46. The third kappa shape index (κ3) is 2.85. The first kappa shape index (κ1) is 14.2. The van der Waals surface area contributed by atoms with Crippen LogP contribution in [0, 0.1) is 20.8 Å². The first-order chi connectivity index (χ1) is 9.38. The molecule has 4 nitrogen and oxygen atoms in total. The number of hydrogen-bond acceptors (Lipinski definition) is 3. The molecule has 1 atom stereocenters. The minimum atomic E-state index is -0.298. The van der Waals surface area contributed by atoms with Crippen molar-refractivity contribution in [2.24, 2.45) is 0 Å². The molecule has 20 heavy (non-hydrogen) atoms. The molecule has 0 spiro atoms. The SMILES string of the molecule is Cc1ccc(C(=O)NC(C)c2cc(C)oc2C)c(O)c1. The summed E-state index contributed by atoms with van der Waals surface area (Å²) in [5.41, 5.74) is 2.14. The van der Waals surface area contributed by atoms with E-state index in [4.69, 9.17) is 4.42 Å². The number of aryl methyl sites for hydroxylation is 3. The van der Waals surface area contributed by atoms with Crippen molar-refractivity contribution >= 4 is 5.91 Å². The van der Waals surface area contributed by atoms with Crippen LogP contribution in [0.15, 0.2) is 28.7 Å². The second kappa shape index (κ2) is 5.41. The Hall–Kier alpha value is -2.23. The number of phenolic OH excluding ortho intramolecular Hbond substituents is 1. The van der Waals surface area contributed by atoms with E-state index in [1.54, 1.807) is 18.2 Å². The van der Waals surface area contributed by atoms with E-state index in [-0.39, 0.29) is 23.3 Å². The second-order valence-electron chi connectivity index (χ2n) is 5.08. The molecule has 4 heteroatoms. The number of hydrogen-bond donors (Lipinski definition) is 2. The minimum Gasteiger partial charge on any atom is -0.507 e. The number of aromatic hydroxyl groups is 1. The molecule has 2 rings (SSSR count). The quantitative estimate of drug-likeness (QED) is 0.901. The Morgan fingerprint density at radius 3 is 2.50 bits per heavy atom. The number of nitrogens with one attached hydrogen (secondary N) is 1. The minimum absolute atomic E-state index is 0.00482. The van der Waals surface area contributed by atoms with Crippen LogP contribution in [0.3, 0.4) is 0 Å². The van der Waals surface area contributed by atoms with E-state index in [9.17, 15) is 9.90 Å². The average molecular weight is 273 g/mol. The third-order valence-electron chi connectivity index (χ3n) is 3.29. The topological polar surface area (TPSA) is 62.5 Å². The maximum atomic E-state index is 12.2. The number of benzene rings is 1. The highest BCUT2D eigenvalue weighted by Crippen LogP contribution is 2.23. The lowest BCUT2D eigenvalue weighted by molar-refractivity contribution is 0.0937. The monoisotopic (exact) mass is 273 g/mol. The molecule has 1 unspecified atom stereocenters. The van der Waals surface area contributed by atoms with Gasteiger partial charge in [-0.1, -0.05) is 6.07 Å². The van der Waals surface area contributed by atoms with Crippen LogP contribution in [0.4, 0.5) is 0 Å². The van der Waals surface area contributed by atoms with Gasteiger partial charge in [0.25, 0.3) is 5.91 Å². The van der Waals surface area contributed by atoms with Gasteiger partial charge in [0.2, 0.25) is 0 Å². The highest BCUT2D eigenvalue weighted by molar-refractivity contribution is 5.97. The second-order valence-corrected chi connectivity index (χ2v) is 5.08. The Balaban J connectivity index is 2.17. The van der Waals surface area contributed by atoms with Gasteiger partial charge in [-0.3, -0.25) is 4.79 Å². The molecular weight excluding hydrogens is 254 g/mol. The molecule has 106 valence electrons. The van der Waals surface area contributed by atoms with Crippen molar-refractivity contribution in [2.75, 3.05) is 0 Å². The summed E-state index contributed by atoms with van der Waals surface area (Å²) in [5.74, 6) is 1.31. The zero-order valence-electron chi connectivity index (χ0n) is 12.2. The fraction of sp³-hybridized carbons (Fsp3) is 0.312. The summed E-state index contributed by atoms with van der Waals surface area (Å²) in [4.78, 5) is 12.2. The molecule has 0 saturated heterocycles. The van der Waals surface area contributed by atoms with Gasteiger partial charge >= 0.3 is 0 Å². The Kier molecular flexibility index (Phi) is 3.84. The van der Waals surface area contributed by atoms with E-state index >= 15 is 0 Å². The first-order valence-corrected chi connectivity index (χ1v) is 6.56. The van der Waals surface area contributed by atoms with Gasteiger partial charge in [-0.25, -0.2) is 0 Å². The molecule has 0 bridgehead atoms. The molecule has 0 aliphatic heterocycles. The van der Waals surface area contributed by atoms with Gasteiger partial charge in [0.05, 0.1) is 11.6 Å². The van der Waals surface area contributed by atoms with E-state index in [0.29, 0.717) is 0 Å². The largest absolute Gasteiger partial charge is 0.507 e. The molecule has 2 N–H and O–H groups in total. The summed E-state index contributed by atoms with van der Waals surface area (Å²) in [7, 11) is 0. The van der Waals surface area contributed by atoms with E-state index in [0.717, 1.165) is 22.6 Å². The number of rotatable bonds is 3. The molecule has 1 amide bonds. The van der Waals surface area contributed by atoms with Gasteiger partial charge in [-0.15, -0.1) is 0 Å². The van der Waals surface area contributed by atoms with Crippen molar-refractivity contribution in [1.29, 1.82) is 0 Å². The average Bonchev–Trinajstić information content (AvgIpc) is 2.68. The van der Waals surface area contributed by atoms with Crippen LogP contribution in [0.5, 0.6) is 5.75 Å². The lowest BCUT2D eigenvalue weighted by Crippen LogP contribution is -2.26. The van der Waals surface area contributed by atoms with Gasteiger partial charge < -0.3 is 14.8 Å². The standard InChI is InChI=1S/C16H19NO3/c1-9-5-6-13(15(18)7-9)16(19)17-11(3)14-8-10(2)20-12(14)4/h5-8,11,18H,1-4H3,(H,17,19). The highest BCUT2D eigenvalue weighted by atomic mass is 16.3. The molecule has 0 radical (unpaired) electrons. The lowest BCUT2D eigenvalue weighted by atomic mass is 10.1. The van der Waals surface area contributed by atoms with Crippen LogP contribution in [0.2, 0.25) is 0 Å². The third-order valence-corrected chi connectivity index (χ3v) is 3.29. The smallest absolute Gasteiger partial charge is 0.255 e. The summed E-state index contributed by atoms with van der Waals surface area (Å²) >= 11 is 0. The van der Waals surface area contributed by atoms with Crippen LogP contribution in [0.1, 0.15) is 46.0 Å². The zero-order chi connectivity index (χ0) is 14.9. The van der Waals surface area contributed by atoms with Gasteiger partial charge in [0, 0.05) is 5.56 Å². The number of furan rings is 1. The van der Waals surface area contributed by atoms with Crippen LogP contribution >= 0.6 is 0 Å². The van der Waals surface area contributed by atoms with E-state index in [1.807, 2.05) is 33.8 Å². The molecule has 1 aromatic carbocycles. The molecule has 0 aliphatic rings. The zero-order valence-corrected chi connectivity index (χ0v) is 12.2. The van der Waals surface area contributed by atoms with E-state index in [2.05, 4.69) is 5.32 Å². The number of carbonyl (C=O) groups excluding carboxylic acids is 1. The molecule has 0 aliphatic carbocycles. The van der Waals surface area contributed by atoms with Crippen molar-refractivity contribution < 1.29 is 14.3 Å². The maximum absolute atomic E-state index is 12.2. The molecule has 1 aromatic heterocycles. The molecule has 0 fully saturated rings. The van der Waals surface area contributed by atoms with Crippen LogP contribution in [0.25, 0.3) is 0 Å².